The lowest BCUT2D eigenvalue weighted by Crippen LogP contribution is -2.36. The highest BCUT2D eigenvalue weighted by Crippen LogP contribution is 2.38. The molecule has 2 aliphatic rings. The monoisotopic (exact) mass is 446 g/mol. The van der Waals surface area contributed by atoms with Crippen LogP contribution in [-0.4, -0.2) is 23.3 Å². The number of hydrogen-bond donors (Lipinski definition) is 0. The summed E-state index contributed by atoms with van der Waals surface area (Å²) in [5, 5.41) is 0.587. The van der Waals surface area contributed by atoms with E-state index in [-0.39, 0.29) is 18.4 Å². The topological polar surface area (TPSA) is 40.6 Å². The number of carbonyl (C=O) groups excluding carboxylic acids is 2. The molecule has 0 aliphatic carbocycles. The molecule has 3 aromatic carbocycles. The molecule has 2 amide bonds. The molecule has 2 heterocycles. The maximum atomic E-state index is 13.7. The summed E-state index contributed by atoms with van der Waals surface area (Å²) in [6.07, 6.45) is 1.79. The summed E-state index contributed by atoms with van der Waals surface area (Å²) in [5.74, 6) is -1.12. The van der Waals surface area contributed by atoms with E-state index in [1.165, 1.54) is 17.0 Å². The number of halogens is 2. The highest BCUT2D eigenvalue weighted by Gasteiger charge is 2.42. The fourth-order valence-corrected chi connectivity index (χ4v) is 4.50. The third kappa shape index (κ3) is 3.59. The van der Waals surface area contributed by atoms with Gasteiger partial charge in [-0.1, -0.05) is 54.1 Å². The largest absolute Gasteiger partial charge is 0.336 e. The SMILES string of the molecule is O=C1C(c2ccc(F)cc2)=C(N2CCCc3ccccc32)C(=O)N1Cc1ccc(Cl)cc1. The third-order valence-electron chi connectivity index (χ3n) is 5.91. The van der Waals surface area contributed by atoms with Crippen molar-refractivity contribution in [3.8, 4) is 0 Å². The zero-order valence-corrected chi connectivity index (χ0v) is 18.0. The van der Waals surface area contributed by atoms with Crippen molar-refractivity contribution in [2.24, 2.45) is 0 Å². The first-order chi connectivity index (χ1) is 15.5. The number of rotatable bonds is 4. The molecule has 2 aliphatic heterocycles. The van der Waals surface area contributed by atoms with Gasteiger partial charge in [0, 0.05) is 17.3 Å². The number of aryl methyl sites for hydroxylation is 1. The molecule has 0 saturated carbocycles. The Morgan fingerprint density at radius 3 is 2.34 bits per heavy atom. The second kappa shape index (κ2) is 8.24. The van der Waals surface area contributed by atoms with Crippen LogP contribution in [0.1, 0.15) is 23.1 Å². The second-order valence-electron chi connectivity index (χ2n) is 7.94. The minimum absolute atomic E-state index is 0.137. The summed E-state index contributed by atoms with van der Waals surface area (Å²) in [4.78, 5) is 30.4. The molecule has 0 fully saturated rings. The first-order valence-electron chi connectivity index (χ1n) is 10.5. The number of imide groups is 1. The number of fused-ring (bicyclic) bond motifs is 1. The predicted octanol–water partition coefficient (Wildman–Crippen LogP) is 5.21. The van der Waals surface area contributed by atoms with E-state index >= 15 is 0 Å². The van der Waals surface area contributed by atoms with Crippen LogP contribution in [0.2, 0.25) is 5.02 Å². The molecule has 0 N–H and O–H groups in total. The maximum absolute atomic E-state index is 13.7. The molecule has 6 heteroatoms. The molecule has 0 spiro atoms. The zero-order valence-electron chi connectivity index (χ0n) is 17.2. The van der Waals surface area contributed by atoms with E-state index in [4.69, 9.17) is 11.6 Å². The van der Waals surface area contributed by atoms with Crippen LogP contribution in [0.5, 0.6) is 0 Å². The van der Waals surface area contributed by atoms with E-state index in [2.05, 4.69) is 0 Å². The lowest BCUT2D eigenvalue weighted by Gasteiger charge is -2.32. The summed E-state index contributed by atoms with van der Waals surface area (Å²) in [7, 11) is 0. The van der Waals surface area contributed by atoms with Crippen LogP contribution >= 0.6 is 11.6 Å². The molecule has 160 valence electrons. The van der Waals surface area contributed by atoms with Crippen molar-refractivity contribution in [1.29, 1.82) is 0 Å². The van der Waals surface area contributed by atoms with Gasteiger partial charge in [-0.25, -0.2) is 4.39 Å². The quantitative estimate of drug-likeness (QED) is 0.516. The first-order valence-corrected chi connectivity index (χ1v) is 10.9. The van der Waals surface area contributed by atoms with Crippen LogP contribution in [0.3, 0.4) is 0 Å². The average molecular weight is 447 g/mol. The minimum Gasteiger partial charge on any atom is -0.336 e. The van der Waals surface area contributed by atoms with Crippen molar-refractivity contribution in [2.75, 3.05) is 11.4 Å². The molecular weight excluding hydrogens is 427 g/mol. The van der Waals surface area contributed by atoms with Gasteiger partial charge in [-0.15, -0.1) is 0 Å². The first kappa shape index (κ1) is 20.5. The van der Waals surface area contributed by atoms with E-state index in [0.717, 1.165) is 29.7 Å². The van der Waals surface area contributed by atoms with Crippen molar-refractivity contribution in [3.05, 3.63) is 106 Å². The molecule has 0 bridgehead atoms. The van der Waals surface area contributed by atoms with E-state index < -0.39 is 5.82 Å². The number of para-hydroxylation sites is 1. The number of benzene rings is 3. The van der Waals surface area contributed by atoms with Gasteiger partial charge in [-0.05, 0) is 59.9 Å². The zero-order chi connectivity index (χ0) is 22.2. The Labute approximate surface area is 190 Å². The summed E-state index contributed by atoms with van der Waals surface area (Å²) >= 11 is 5.98. The van der Waals surface area contributed by atoms with Crippen molar-refractivity contribution in [2.45, 2.75) is 19.4 Å². The van der Waals surface area contributed by atoms with Gasteiger partial charge in [0.15, 0.2) is 0 Å². The van der Waals surface area contributed by atoms with Crippen molar-refractivity contribution >= 4 is 34.7 Å². The summed E-state index contributed by atoms with van der Waals surface area (Å²) < 4.78 is 13.6. The Hall–Kier alpha value is -3.44. The molecule has 5 rings (SSSR count). The Kier molecular flexibility index (Phi) is 5.27. The summed E-state index contributed by atoms with van der Waals surface area (Å²) in [6.45, 7) is 0.767. The standard InChI is InChI=1S/C26H20ClFN2O2/c27-20-11-7-17(8-12-20)16-30-25(31)23(19-9-13-21(28)14-10-19)24(26(30)32)29-15-3-5-18-4-1-2-6-22(18)29/h1-2,4,6-14H,3,5,15-16H2. The van der Waals surface area contributed by atoms with E-state index in [1.54, 1.807) is 36.4 Å². The third-order valence-corrected chi connectivity index (χ3v) is 6.16. The van der Waals surface area contributed by atoms with Crippen LogP contribution < -0.4 is 4.90 Å². The minimum atomic E-state index is -0.394. The van der Waals surface area contributed by atoms with Gasteiger partial charge < -0.3 is 4.90 Å². The molecular formula is C26H20ClFN2O2. The summed E-state index contributed by atoms with van der Waals surface area (Å²) in [5.41, 5.74) is 4.06. The van der Waals surface area contributed by atoms with Gasteiger partial charge in [-0.2, -0.15) is 0 Å². The van der Waals surface area contributed by atoms with Crippen LogP contribution in [0.25, 0.3) is 5.57 Å². The van der Waals surface area contributed by atoms with Gasteiger partial charge in [0.2, 0.25) is 0 Å². The normalized spacial score (nSPS) is 16.1. The molecule has 4 nitrogen and oxygen atoms in total. The van der Waals surface area contributed by atoms with Crippen LogP contribution in [0.15, 0.2) is 78.5 Å². The number of nitrogens with zero attached hydrogens (tertiary/aromatic N) is 2. The molecule has 32 heavy (non-hydrogen) atoms. The Bertz CT molecular complexity index is 1240. The number of carbonyl (C=O) groups is 2. The fourth-order valence-electron chi connectivity index (χ4n) is 4.37. The summed E-state index contributed by atoms with van der Waals surface area (Å²) in [6, 6.07) is 20.7. The van der Waals surface area contributed by atoms with Gasteiger partial charge >= 0.3 is 0 Å². The highest BCUT2D eigenvalue weighted by atomic mass is 35.5. The molecule has 0 aromatic heterocycles. The number of hydrogen-bond acceptors (Lipinski definition) is 3. The Morgan fingerprint density at radius 2 is 1.59 bits per heavy atom. The van der Waals surface area contributed by atoms with Gasteiger partial charge in [0.1, 0.15) is 11.5 Å². The van der Waals surface area contributed by atoms with Crippen molar-refractivity contribution in [3.63, 3.8) is 0 Å². The number of anilines is 1. The molecule has 0 atom stereocenters. The number of amides is 2. The molecule has 0 radical (unpaired) electrons. The van der Waals surface area contributed by atoms with Gasteiger partial charge in [0.25, 0.3) is 11.8 Å². The Morgan fingerprint density at radius 1 is 0.875 bits per heavy atom. The highest BCUT2D eigenvalue weighted by molar-refractivity contribution is 6.36. The lowest BCUT2D eigenvalue weighted by molar-refractivity contribution is -0.137. The van der Waals surface area contributed by atoms with E-state index in [1.807, 2.05) is 29.2 Å². The van der Waals surface area contributed by atoms with Crippen molar-refractivity contribution < 1.29 is 14.0 Å². The molecule has 0 saturated heterocycles. The smallest absolute Gasteiger partial charge is 0.278 e. The lowest BCUT2D eigenvalue weighted by atomic mass is 9.98. The molecule has 0 unspecified atom stereocenters. The van der Waals surface area contributed by atoms with Crippen LogP contribution in [-0.2, 0) is 22.6 Å². The maximum Gasteiger partial charge on any atom is 0.278 e. The van der Waals surface area contributed by atoms with Crippen LogP contribution in [0.4, 0.5) is 10.1 Å². The van der Waals surface area contributed by atoms with Crippen molar-refractivity contribution in [1.82, 2.24) is 4.90 Å². The fraction of sp³-hybridized carbons (Fsp3) is 0.154. The Balaban J connectivity index is 1.61. The van der Waals surface area contributed by atoms with Gasteiger partial charge in [0.05, 0.1) is 12.1 Å². The van der Waals surface area contributed by atoms with E-state index in [0.29, 0.717) is 28.4 Å². The average Bonchev–Trinajstić information content (AvgIpc) is 3.05. The van der Waals surface area contributed by atoms with E-state index in [9.17, 15) is 14.0 Å². The van der Waals surface area contributed by atoms with Crippen LogP contribution in [0, 0.1) is 5.82 Å². The second-order valence-corrected chi connectivity index (χ2v) is 8.37. The predicted molar refractivity (Wildman–Crippen MR) is 122 cm³/mol. The van der Waals surface area contributed by atoms with Gasteiger partial charge in [-0.3, -0.25) is 14.5 Å². The molecule has 3 aromatic rings.